The van der Waals surface area contributed by atoms with E-state index in [0.717, 1.165) is 14.3 Å². The Morgan fingerprint density at radius 3 is 1.80 bits per heavy atom. The highest BCUT2D eigenvalue weighted by atomic mass is 35.5. The Bertz CT molecular complexity index is 267. The van der Waals surface area contributed by atoms with Crippen LogP contribution in [0.5, 0.6) is 5.75 Å². The predicted octanol–water partition coefficient (Wildman–Crippen LogP) is -3.19. The van der Waals surface area contributed by atoms with Crippen molar-refractivity contribution in [3.8, 4) is 5.75 Å². The highest BCUT2D eigenvalue weighted by Crippen LogP contribution is 2.29. The second kappa shape index (κ2) is 7.33. The van der Waals surface area contributed by atoms with Crippen LogP contribution < -0.4 is 34.9 Å². The number of ether oxygens (including phenoxy) is 1. The molecule has 88 valence electrons. The zero-order valence-electron chi connectivity index (χ0n) is 9.47. The molecule has 0 heterocycles. The quantitative estimate of drug-likeness (QED) is 0.513. The smallest absolute Gasteiger partial charge is 0.118 e. The molecule has 0 bridgehead atoms. The summed E-state index contributed by atoms with van der Waals surface area (Å²) in [5, 5.41) is 1.78. The summed E-state index contributed by atoms with van der Waals surface area (Å²) >= 11 is 0. The fourth-order valence-electron chi connectivity index (χ4n) is 1.11. The van der Waals surface area contributed by atoms with E-state index in [9.17, 15) is 0 Å². The number of halogens is 2. The van der Waals surface area contributed by atoms with E-state index in [1.54, 1.807) is 7.11 Å². The first-order valence-corrected chi connectivity index (χ1v) is 5.43. The summed E-state index contributed by atoms with van der Waals surface area (Å²) in [6.45, 7) is 6.78. The Kier molecular flexibility index (Phi) is 8.51. The summed E-state index contributed by atoms with van der Waals surface area (Å²) in [5.41, 5.74) is 0. The third-order valence-electron chi connectivity index (χ3n) is 1.61. The van der Waals surface area contributed by atoms with Crippen molar-refractivity contribution in [2.75, 3.05) is 7.11 Å². The van der Waals surface area contributed by atoms with Crippen LogP contribution in [0.15, 0.2) is 24.3 Å². The third kappa shape index (κ3) is 7.00. The molecule has 0 aliphatic rings. The maximum absolute atomic E-state index is 5.10. The molecule has 1 aromatic carbocycles. The molecule has 0 fully saturated rings. The molecule has 1 nitrogen and oxygen atoms in total. The topological polar surface area (TPSA) is 9.23 Å². The highest BCUT2D eigenvalue weighted by molar-refractivity contribution is 7.48. The predicted molar refractivity (Wildman–Crippen MR) is 60.7 cm³/mol. The minimum atomic E-state index is 0. The standard InChI is InChI=1S/C11H17OP.2ClH/c1-11(2,3)13-10-7-5-9(12-4)6-8-10;;/h5-8,13H,1-4H3;2*1H/p-2. The van der Waals surface area contributed by atoms with Gasteiger partial charge in [-0.1, -0.05) is 41.5 Å². The van der Waals surface area contributed by atoms with Crippen molar-refractivity contribution in [2.45, 2.75) is 25.9 Å². The summed E-state index contributed by atoms with van der Waals surface area (Å²) in [6.07, 6.45) is 0. The average Bonchev–Trinajstić information content (AvgIpc) is 2.03. The molecule has 0 radical (unpaired) electrons. The van der Waals surface area contributed by atoms with Gasteiger partial charge in [0, 0.05) is 0 Å². The first kappa shape index (κ1) is 17.4. The van der Waals surface area contributed by atoms with Gasteiger partial charge in [-0.2, -0.15) is 0 Å². The van der Waals surface area contributed by atoms with Crippen LogP contribution in [-0.4, -0.2) is 12.3 Å². The molecule has 1 atom stereocenters. The van der Waals surface area contributed by atoms with E-state index in [4.69, 9.17) is 4.74 Å². The molecule has 0 saturated carbocycles. The lowest BCUT2D eigenvalue weighted by Gasteiger charge is -2.18. The van der Waals surface area contributed by atoms with E-state index in [2.05, 4.69) is 32.9 Å². The molecule has 0 spiro atoms. The van der Waals surface area contributed by atoms with Crippen LogP contribution in [0.4, 0.5) is 0 Å². The Labute approximate surface area is 107 Å². The second-order valence-electron chi connectivity index (χ2n) is 4.10. The molecular formula is C11H17Cl2OP-2. The van der Waals surface area contributed by atoms with Gasteiger partial charge in [0.25, 0.3) is 0 Å². The normalized spacial score (nSPS) is 10.7. The van der Waals surface area contributed by atoms with E-state index in [1.165, 1.54) is 5.30 Å². The van der Waals surface area contributed by atoms with Gasteiger partial charge in [-0.3, -0.25) is 0 Å². The van der Waals surface area contributed by atoms with Crippen molar-refractivity contribution in [3.05, 3.63) is 24.3 Å². The number of hydrogen-bond acceptors (Lipinski definition) is 1. The van der Waals surface area contributed by atoms with E-state index in [-0.39, 0.29) is 24.8 Å². The molecule has 0 saturated heterocycles. The zero-order valence-corrected chi connectivity index (χ0v) is 12.0. The summed E-state index contributed by atoms with van der Waals surface area (Å²) in [7, 11) is 2.55. The van der Waals surface area contributed by atoms with Gasteiger partial charge in [-0.25, -0.2) is 0 Å². The molecule has 0 aliphatic heterocycles. The summed E-state index contributed by atoms with van der Waals surface area (Å²) in [6, 6.07) is 8.33. The Morgan fingerprint density at radius 1 is 1.00 bits per heavy atom. The molecule has 0 aliphatic carbocycles. The average molecular weight is 267 g/mol. The molecule has 1 unspecified atom stereocenters. The Balaban J connectivity index is 0. The van der Waals surface area contributed by atoms with Crippen molar-refractivity contribution < 1.29 is 29.6 Å². The Morgan fingerprint density at radius 2 is 1.47 bits per heavy atom. The van der Waals surface area contributed by atoms with Gasteiger partial charge in [0.1, 0.15) is 5.75 Å². The van der Waals surface area contributed by atoms with E-state index in [0.29, 0.717) is 5.16 Å². The summed E-state index contributed by atoms with van der Waals surface area (Å²) in [5.74, 6) is 0.933. The summed E-state index contributed by atoms with van der Waals surface area (Å²) in [4.78, 5) is 0. The third-order valence-corrected chi connectivity index (χ3v) is 2.98. The van der Waals surface area contributed by atoms with Crippen molar-refractivity contribution >= 4 is 13.9 Å². The van der Waals surface area contributed by atoms with Gasteiger partial charge in [-0.05, 0) is 22.6 Å². The van der Waals surface area contributed by atoms with Gasteiger partial charge in [0.2, 0.25) is 0 Å². The molecule has 1 rings (SSSR count). The number of benzene rings is 1. The van der Waals surface area contributed by atoms with Gasteiger partial charge in [-0.15, -0.1) is 0 Å². The van der Waals surface area contributed by atoms with Gasteiger partial charge in [0.05, 0.1) is 7.11 Å². The van der Waals surface area contributed by atoms with Crippen LogP contribution in [0.2, 0.25) is 0 Å². The van der Waals surface area contributed by atoms with Crippen molar-refractivity contribution in [3.63, 3.8) is 0 Å². The number of methoxy groups -OCH3 is 1. The van der Waals surface area contributed by atoms with Crippen LogP contribution in [0.3, 0.4) is 0 Å². The van der Waals surface area contributed by atoms with Crippen LogP contribution in [-0.2, 0) is 0 Å². The lowest BCUT2D eigenvalue weighted by atomic mass is 10.3. The van der Waals surface area contributed by atoms with Crippen molar-refractivity contribution in [2.24, 2.45) is 0 Å². The zero-order chi connectivity index (χ0) is 9.90. The fourth-order valence-corrected chi connectivity index (χ4v) is 2.31. The van der Waals surface area contributed by atoms with Gasteiger partial charge < -0.3 is 29.6 Å². The lowest BCUT2D eigenvalue weighted by Crippen LogP contribution is -3.00. The van der Waals surface area contributed by atoms with Crippen molar-refractivity contribution in [1.29, 1.82) is 0 Å². The van der Waals surface area contributed by atoms with Crippen LogP contribution in [0.25, 0.3) is 0 Å². The molecule has 4 heteroatoms. The molecule has 1 aromatic rings. The first-order valence-electron chi connectivity index (χ1n) is 4.43. The first-order chi connectivity index (χ1) is 6.01. The SMILES string of the molecule is COc1ccc(PC(C)(C)C)cc1.[Cl-].[Cl-]. The number of rotatable bonds is 2. The summed E-state index contributed by atoms with van der Waals surface area (Å²) < 4.78 is 5.10. The fraction of sp³-hybridized carbons (Fsp3) is 0.455. The Hall–Kier alpha value is 0.0300. The van der Waals surface area contributed by atoms with E-state index < -0.39 is 0 Å². The van der Waals surface area contributed by atoms with E-state index >= 15 is 0 Å². The highest BCUT2D eigenvalue weighted by Gasteiger charge is 2.10. The van der Waals surface area contributed by atoms with Crippen molar-refractivity contribution in [1.82, 2.24) is 0 Å². The largest absolute Gasteiger partial charge is 1.00 e. The van der Waals surface area contributed by atoms with Gasteiger partial charge in [0.15, 0.2) is 0 Å². The lowest BCUT2D eigenvalue weighted by molar-refractivity contribution is -0.00100. The monoisotopic (exact) mass is 266 g/mol. The van der Waals surface area contributed by atoms with Gasteiger partial charge >= 0.3 is 0 Å². The molecule has 15 heavy (non-hydrogen) atoms. The van der Waals surface area contributed by atoms with Crippen LogP contribution >= 0.6 is 8.58 Å². The number of hydrogen-bond donors (Lipinski definition) is 0. The molecule has 0 aromatic heterocycles. The molecule has 0 N–H and O–H groups in total. The van der Waals surface area contributed by atoms with Crippen LogP contribution in [0, 0.1) is 0 Å². The van der Waals surface area contributed by atoms with Crippen LogP contribution in [0.1, 0.15) is 20.8 Å². The second-order valence-corrected chi connectivity index (χ2v) is 6.43. The molecule has 0 amide bonds. The minimum absolute atomic E-state index is 0. The van der Waals surface area contributed by atoms with E-state index in [1.807, 2.05) is 12.1 Å². The maximum atomic E-state index is 5.10. The minimum Gasteiger partial charge on any atom is -1.00 e. The molecular weight excluding hydrogens is 250 g/mol. The maximum Gasteiger partial charge on any atom is 0.118 e.